The van der Waals surface area contributed by atoms with Crippen molar-refractivity contribution in [3.63, 3.8) is 0 Å². The van der Waals surface area contributed by atoms with Crippen LogP contribution in [-0.2, 0) is 16.4 Å². The zero-order valence-corrected chi connectivity index (χ0v) is 12.5. The van der Waals surface area contributed by atoms with Crippen molar-refractivity contribution in [1.29, 1.82) is 0 Å². The largest absolute Gasteiger partial charge is 0.396 e. The van der Waals surface area contributed by atoms with Gasteiger partial charge in [-0.1, -0.05) is 20.3 Å². The highest BCUT2D eigenvalue weighted by Crippen LogP contribution is 2.22. The maximum Gasteiger partial charge on any atom is 0.250 e. The number of hydrogen-bond donors (Lipinski definition) is 2. The lowest BCUT2D eigenvalue weighted by atomic mass is 10.1. The molecular formula is C12H21NO3S2. The number of nitrogens with one attached hydrogen (secondary N) is 1. The minimum atomic E-state index is -3.40. The summed E-state index contributed by atoms with van der Waals surface area (Å²) in [6, 6.07) is 3.37. The predicted octanol–water partition coefficient (Wildman–Crippen LogP) is 2.14. The second-order valence-corrected chi connectivity index (χ2v) is 7.32. The Balaban J connectivity index is 2.78. The van der Waals surface area contributed by atoms with E-state index in [1.165, 1.54) is 11.3 Å². The van der Waals surface area contributed by atoms with Crippen molar-refractivity contribution in [3.8, 4) is 0 Å². The first-order valence-corrected chi connectivity index (χ1v) is 8.55. The maximum atomic E-state index is 12.1. The molecule has 0 aliphatic rings. The number of rotatable bonds is 8. The highest BCUT2D eigenvalue weighted by atomic mass is 32.2. The smallest absolute Gasteiger partial charge is 0.250 e. The summed E-state index contributed by atoms with van der Waals surface area (Å²) in [6.07, 6.45) is 3.11. The fourth-order valence-electron chi connectivity index (χ4n) is 1.72. The molecule has 1 rings (SSSR count). The van der Waals surface area contributed by atoms with Crippen molar-refractivity contribution < 1.29 is 13.5 Å². The average molecular weight is 291 g/mol. The predicted molar refractivity (Wildman–Crippen MR) is 74.4 cm³/mol. The molecule has 1 atom stereocenters. The number of thiophene rings is 1. The van der Waals surface area contributed by atoms with Gasteiger partial charge in [0.15, 0.2) is 0 Å². The van der Waals surface area contributed by atoms with Crippen LogP contribution in [0.15, 0.2) is 16.3 Å². The number of hydrogen-bond acceptors (Lipinski definition) is 4. The third kappa shape index (κ3) is 4.35. The SMILES string of the molecule is CCCC(CC)NS(=O)(=O)c1ccc(CCO)s1. The van der Waals surface area contributed by atoms with Crippen LogP contribution >= 0.6 is 11.3 Å². The Morgan fingerprint density at radius 3 is 2.67 bits per heavy atom. The summed E-state index contributed by atoms with van der Waals surface area (Å²) in [4.78, 5) is 0.890. The van der Waals surface area contributed by atoms with Gasteiger partial charge in [-0.3, -0.25) is 0 Å². The Kier molecular flexibility index (Phi) is 6.28. The summed E-state index contributed by atoms with van der Waals surface area (Å²) in [5.41, 5.74) is 0. The topological polar surface area (TPSA) is 66.4 Å². The van der Waals surface area contributed by atoms with Crippen molar-refractivity contribution in [2.75, 3.05) is 6.61 Å². The summed E-state index contributed by atoms with van der Waals surface area (Å²) in [5.74, 6) is 0. The van der Waals surface area contributed by atoms with Gasteiger partial charge in [0.05, 0.1) is 0 Å². The molecule has 1 unspecified atom stereocenters. The van der Waals surface area contributed by atoms with Gasteiger partial charge in [-0.25, -0.2) is 13.1 Å². The molecule has 0 fully saturated rings. The first-order chi connectivity index (χ1) is 8.53. The van der Waals surface area contributed by atoms with E-state index < -0.39 is 10.0 Å². The van der Waals surface area contributed by atoms with E-state index in [-0.39, 0.29) is 12.6 Å². The fourth-order valence-corrected chi connectivity index (χ4v) is 4.43. The lowest BCUT2D eigenvalue weighted by Gasteiger charge is -2.15. The highest BCUT2D eigenvalue weighted by molar-refractivity contribution is 7.91. The van der Waals surface area contributed by atoms with Crippen LogP contribution in [0, 0.1) is 0 Å². The summed E-state index contributed by atoms with van der Waals surface area (Å²) in [7, 11) is -3.40. The number of sulfonamides is 1. The molecule has 0 amide bonds. The van der Waals surface area contributed by atoms with Gasteiger partial charge in [0.1, 0.15) is 4.21 Å². The van der Waals surface area contributed by atoms with Crippen LogP contribution in [0.5, 0.6) is 0 Å². The van der Waals surface area contributed by atoms with Gasteiger partial charge < -0.3 is 5.11 Å². The second kappa shape index (κ2) is 7.23. The van der Waals surface area contributed by atoms with E-state index in [0.717, 1.165) is 24.1 Å². The second-order valence-electron chi connectivity index (χ2n) is 4.21. The van der Waals surface area contributed by atoms with Crippen molar-refractivity contribution in [3.05, 3.63) is 17.0 Å². The third-order valence-corrected chi connectivity index (χ3v) is 5.87. The lowest BCUT2D eigenvalue weighted by Crippen LogP contribution is -2.33. The molecule has 0 radical (unpaired) electrons. The standard InChI is InChI=1S/C12H21NO3S2/c1-3-5-10(4-2)13-18(15,16)12-7-6-11(17-12)8-9-14/h6-7,10,13-14H,3-5,8-9H2,1-2H3. The van der Waals surface area contributed by atoms with Gasteiger partial charge in [0.2, 0.25) is 10.0 Å². The molecule has 1 aromatic rings. The summed E-state index contributed by atoms with van der Waals surface area (Å²) in [5, 5.41) is 8.83. The summed E-state index contributed by atoms with van der Waals surface area (Å²) >= 11 is 1.22. The minimum absolute atomic E-state index is 0.00314. The molecule has 0 spiro atoms. The van der Waals surface area contributed by atoms with Crippen molar-refractivity contribution in [2.24, 2.45) is 0 Å². The molecule has 2 N–H and O–H groups in total. The lowest BCUT2D eigenvalue weighted by molar-refractivity contribution is 0.300. The first kappa shape index (κ1) is 15.6. The van der Waals surface area contributed by atoms with Crippen molar-refractivity contribution in [2.45, 2.75) is 49.8 Å². The minimum Gasteiger partial charge on any atom is -0.396 e. The van der Waals surface area contributed by atoms with Crippen LogP contribution < -0.4 is 4.72 Å². The van der Waals surface area contributed by atoms with Gasteiger partial charge in [-0.05, 0) is 25.0 Å². The Morgan fingerprint density at radius 1 is 1.39 bits per heavy atom. The number of aliphatic hydroxyl groups is 1. The van der Waals surface area contributed by atoms with Gasteiger partial charge in [-0.2, -0.15) is 0 Å². The van der Waals surface area contributed by atoms with Gasteiger partial charge in [0.25, 0.3) is 0 Å². The van der Waals surface area contributed by atoms with E-state index in [4.69, 9.17) is 5.11 Å². The Bertz CT molecular complexity index is 454. The monoisotopic (exact) mass is 291 g/mol. The van der Waals surface area contributed by atoms with Crippen LogP contribution in [-0.4, -0.2) is 26.2 Å². The van der Waals surface area contributed by atoms with Gasteiger partial charge in [0, 0.05) is 23.9 Å². The molecule has 1 aromatic heterocycles. The molecule has 6 heteroatoms. The van der Waals surface area contributed by atoms with E-state index in [1.807, 2.05) is 13.8 Å². The van der Waals surface area contributed by atoms with Crippen molar-refractivity contribution in [1.82, 2.24) is 4.72 Å². The van der Waals surface area contributed by atoms with Crippen molar-refractivity contribution >= 4 is 21.4 Å². The first-order valence-electron chi connectivity index (χ1n) is 6.25. The van der Waals surface area contributed by atoms with E-state index in [9.17, 15) is 8.42 Å². The van der Waals surface area contributed by atoms with Gasteiger partial charge >= 0.3 is 0 Å². The van der Waals surface area contributed by atoms with Crippen LogP contribution in [0.3, 0.4) is 0 Å². The fraction of sp³-hybridized carbons (Fsp3) is 0.667. The van der Waals surface area contributed by atoms with Crippen LogP contribution in [0.1, 0.15) is 38.0 Å². The molecular weight excluding hydrogens is 270 g/mol. The molecule has 0 aliphatic carbocycles. The molecule has 104 valence electrons. The molecule has 4 nitrogen and oxygen atoms in total. The molecule has 0 aliphatic heterocycles. The Labute approximate surface area is 113 Å². The normalized spacial score (nSPS) is 13.7. The third-order valence-electron chi connectivity index (χ3n) is 2.71. The maximum absolute atomic E-state index is 12.1. The zero-order chi connectivity index (χ0) is 13.6. The zero-order valence-electron chi connectivity index (χ0n) is 10.8. The van der Waals surface area contributed by atoms with E-state index in [0.29, 0.717) is 10.6 Å². The Morgan fingerprint density at radius 2 is 2.11 bits per heavy atom. The molecule has 0 aromatic carbocycles. The van der Waals surface area contributed by atoms with E-state index in [1.54, 1.807) is 12.1 Å². The van der Waals surface area contributed by atoms with E-state index >= 15 is 0 Å². The highest BCUT2D eigenvalue weighted by Gasteiger charge is 2.20. The summed E-state index contributed by atoms with van der Waals surface area (Å²) < 4.78 is 27.3. The van der Waals surface area contributed by atoms with E-state index in [2.05, 4.69) is 4.72 Å². The molecule has 18 heavy (non-hydrogen) atoms. The van der Waals surface area contributed by atoms with Crippen LogP contribution in [0.2, 0.25) is 0 Å². The molecule has 0 bridgehead atoms. The average Bonchev–Trinajstić information content (AvgIpc) is 2.78. The molecule has 1 heterocycles. The van der Waals surface area contributed by atoms with Crippen LogP contribution in [0.4, 0.5) is 0 Å². The number of aliphatic hydroxyl groups excluding tert-OH is 1. The quantitative estimate of drug-likeness (QED) is 0.771. The van der Waals surface area contributed by atoms with Crippen LogP contribution in [0.25, 0.3) is 0 Å². The molecule has 0 saturated heterocycles. The summed E-state index contributed by atoms with van der Waals surface area (Å²) in [6.45, 7) is 4.07. The Hall–Kier alpha value is -0.430. The molecule has 0 saturated carbocycles. The van der Waals surface area contributed by atoms with Gasteiger partial charge in [-0.15, -0.1) is 11.3 Å².